The highest BCUT2D eigenvalue weighted by Gasteiger charge is 2.74. The van der Waals surface area contributed by atoms with Crippen LogP contribution in [0.1, 0.15) is 67.2 Å². The van der Waals surface area contributed by atoms with E-state index < -0.39 is 34.2 Å². The van der Waals surface area contributed by atoms with Gasteiger partial charge in [0, 0.05) is 30.9 Å². The van der Waals surface area contributed by atoms with Crippen LogP contribution in [0.25, 0.3) is 0 Å². The highest BCUT2D eigenvalue weighted by atomic mass is 32.2. The summed E-state index contributed by atoms with van der Waals surface area (Å²) in [6, 6.07) is -1.20. The molecule has 3 rings (SSSR count). The number of amides is 3. The van der Waals surface area contributed by atoms with Gasteiger partial charge in [0.2, 0.25) is 17.7 Å². The molecular formula is C29H47N3O4S. The molecule has 2 bridgehead atoms. The number of hydrogen-bond donors (Lipinski definition) is 1. The molecule has 0 radical (unpaired) electrons. The van der Waals surface area contributed by atoms with Crippen LogP contribution in [0, 0.1) is 17.3 Å². The molecule has 37 heavy (non-hydrogen) atoms. The molecule has 2 unspecified atom stereocenters. The van der Waals surface area contributed by atoms with Crippen LogP contribution in [0.2, 0.25) is 0 Å². The average Bonchev–Trinajstić information content (AvgIpc) is 3.44. The zero-order chi connectivity index (χ0) is 27.9. The molecule has 7 nitrogen and oxygen atoms in total. The Morgan fingerprint density at radius 2 is 1.81 bits per heavy atom. The zero-order valence-electron chi connectivity index (χ0n) is 23.8. The molecule has 8 heteroatoms. The lowest BCUT2D eigenvalue weighted by molar-refractivity contribution is -0.149. The second-order valence-electron chi connectivity index (χ2n) is 12.8. The lowest BCUT2D eigenvalue weighted by Crippen LogP contribution is -2.61. The van der Waals surface area contributed by atoms with E-state index in [1.807, 2.05) is 11.8 Å². The highest BCUT2D eigenvalue weighted by molar-refractivity contribution is 8.02. The number of hydrogen-bond acceptors (Lipinski definition) is 5. The van der Waals surface area contributed by atoms with Crippen molar-refractivity contribution in [2.75, 3.05) is 26.7 Å². The maximum absolute atomic E-state index is 14.7. The summed E-state index contributed by atoms with van der Waals surface area (Å²) < 4.78 is -0.673. The number of fused-ring (bicyclic) bond motifs is 1. The molecule has 1 N–H and O–H groups in total. The van der Waals surface area contributed by atoms with Crippen LogP contribution in [-0.4, -0.2) is 91.9 Å². The average molecular weight is 534 g/mol. The van der Waals surface area contributed by atoms with Crippen LogP contribution in [0.3, 0.4) is 0 Å². The molecular weight excluding hydrogens is 486 g/mol. The number of aliphatic hydroxyl groups excluding tert-OH is 1. The molecule has 0 saturated carbocycles. The summed E-state index contributed by atoms with van der Waals surface area (Å²) >= 11 is 1.67. The van der Waals surface area contributed by atoms with E-state index in [2.05, 4.69) is 47.8 Å². The molecule has 3 fully saturated rings. The van der Waals surface area contributed by atoms with Crippen molar-refractivity contribution in [1.29, 1.82) is 0 Å². The molecule has 3 aliphatic rings. The van der Waals surface area contributed by atoms with Crippen LogP contribution in [-0.2, 0) is 14.4 Å². The minimum atomic E-state index is -0.723. The van der Waals surface area contributed by atoms with E-state index in [4.69, 9.17) is 0 Å². The molecule has 3 saturated heterocycles. The van der Waals surface area contributed by atoms with E-state index in [0.717, 1.165) is 12.8 Å². The van der Waals surface area contributed by atoms with E-state index in [1.54, 1.807) is 40.8 Å². The van der Waals surface area contributed by atoms with Crippen molar-refractivity contribution < 1.29 is 19.5 Å². The summed E-state index contributed by atoms with van der Waals surface area (Å²) in [6.45, 7) is 20.8. The first kappa shape index (κ1) is 29.8. The normalized spacial score (nSPS) is 29.7. The lowest BCUT2D eigenvalue weighted by atomic mass is 9.70. The number of likely N-dealkylation sites (N-methyl/N-ethyl adjacent to an activating group) is 1. The molecule has 208 valence electrons. The van der Waals surface area contributed by atoms with Gasteiger partial charge >= 0.3 is 0 Å². The van der Waals surface area contributed by atoms with Crippen molar-refractivity contribution in [2.24, 2.45) is 17.3 Å². The number of carbonyl (C=O) groups excluding carboxylic acids is 3. The zero-order valence-corrected chi connectivity index (χ0v) is 24.6. The molecule has 0 aliphatic carbocycles. The summed E-state index contributed by atoms with van der Waals surface area (Å²) in [7, 11) is 1.75. The van der Waals surface area contributed by atoms with E-state index in [0.29, 0.717) is 25.9 Å². The number of thioether (sulfide) groups is 1. The molecule has 0 aromatic heterocycles. The predicted octanol–water partition coefficient (Wildman–Crippen LogP) is 3.72. The molecule has 3 heterocycles. The summed E-state index contributed by atoms with van der Waals surface area (Å²) in [5.74, 6) is -1.35. The van der Waals surface area contributed by atoms with E-state index in [-0.39, 0.29) is 35.0 Å². The van der Waals surface area contributed by atoms with Crippen molar-refractivity contribution >= 4 is 29.5 Å². The first-order valence-corrected chi connectivity index (χ1v) is 14.5. The molecule has 3 aliphatic heterocycles. The smallest absolute Gasteiger partial charge is 0.247 e. The maximum atomic E-state index is 14.7. The standard InChI is InChI=1S/C29H47N3O4S/c1-10-15-30(9)24(34)21-20-13-14-29(37-20)22(21)25(35)32(19(12-3)17-33)23(29)26(36)31(16-11-2)28(7,8)18-27(4,5)6/h10-11,19-23,33H,1-2,12-18H2,3-9H3/t19-,20-,21+,22-,23?,29?/m0/s1. The van der Waals surface area contributed by atoms with Crippen molar-refractivity contribution in [3.63, 3.8) is 0 Å². The van der Waals surface area contributed by atoms with Crippen molar-refractivity contribution in [1.82, 2.24) is 14.7 Å². The first-order valence-electron chi connectivity index (χ1n) is 13.6. The van der Waals surface area contributed by atoms with Crippen LogP contribution in [0.5, 0.6) is 0 Å². The lowest BCUT2D eigenvalue weighted by Gasteiger charge is -2.46. The van der Waals surface area contributed by atoms with E-state index >= 15 is 0 Å². The summed E-state index contributed by atoms with van der Waals surface area (Å²) in [6.07, 6.45) is 6.25. The van der Waals surface area contributed by atoms with E-state index in [9.17, 15) is 19.5 Å². The minimum absolute atomic E-state index is 0.0100. The topological polar surface area (TPSA) is 81.2 Å². The SMILES string of the molecule is C=CCN(C)C(=O)[C@@H]1[C@@H]2CCC3(S2)C(C(=O)N(CC=C)C(C)(C)CC(C)(C)C)N([C@@H](CC)CO)C(=O)[C@H]13. The fourth-order valence-corrected chi connectivity index (χ4v) is 9.50. The Labute approximate surface area is 227 Å². The van der Waals surface area contributed by atoms with Gasteiger partial charge in [0.15, 0.2) is 0 Å². The second-order valence-corrected chi connectivity index (χ2v) is 14.4. The van der Waals surface area contributed by atoms with Gasteiger partial charge in [-0.2, -0.15) is 0 Å². The Kier molecular flexibility index (Phi) is 8.65. The van der Waals surface area contributed by atoms with Gasteiger partial charge in [0.1, 0.15) is 6.04 Å². The highest BCUT2D eigenvalue weighted by Crippen LogP contribution is 2.67. The summed E-state index contributed by atoms with van der Waals surface area (Å²) in [5, 5.41) is 10.3. The van der Waals surface area contributed by atoms with Crippen LogP contribution >= 0.6 is 11.8 Å². The largest absolute Gasteiger partial charge is 0.394 e. The van der Waals surface area contributed by atoms with Gasteiger partial charge in [-0.25, -0.2) is 0 Å². The molecule has 6 atom stereocenters. The summed E-state index contributed by atoms with van der Waals surface area (Å²) in [5.41, 5.74) is -0.491. The van der Waals surface area contributed by atoms with Gasteiger partial charge in [-0.1, -0.05) is 39.8 Å². The molecule has 0 aromatic carbocycles. The molecule has 0 aromatic rings. The van der Waals surface area contributed by atoms with Crippen LogP contribution < -0.4 is 0 Å². The van der Waals surface area contributed by atoms with Gasteiger partial charge in [-0.05, 0) is 44.9 Å². The first-order chi connectivity index (χ1) is 17.2. The number of nitrogens with zero attached hydrogens (tertiary/aromatic N) is 3. The monoisotopic (exact) mass is 533 g/mol. The van der Waals surface area contributed by atoms with Gasteiger partial charge in [-0.3, -0.25) is 14.4 Å². The van der Waals surface area contributed by atoms with Crippen molar-refractivity contribution in [2.45, 2.75) is 94.8 Å². The second kappa shape index (κ2) is 10.8. The third-order valence-corrected chi connectivity index (χ3v) is 10.3. The third-order valence-electron chi connectivity index (χ3n) is 8.38. The van der Waals surface area contributed by atoms with Crippen LogP contribution in [0.4, 0.5) is 0 Å². The van der Waals surface area contributed by atoms with Crippen molar-refractivity contribution in [3.8, 4) is 0 Å². The number of rotatable bonds is 11. The minimum Gasteiger partial charge on any atom is -0.394 e. The predicted molar refractivity (Wildman–Crippen MR) is 150 cm³/mol. The fraction of sp³-hybridized carbons (Fsp3) is 0.759. The molecule has 1 spiro atoms. The maximum Gasteiger partial charge on any atom is 0.247 e. The Morgan fingerprint density at radius 3 is 2.32 bits per heavy atom. The fourth-order valence-electron chi connectivity index (χ4n) is 7.30. The number of aliphatic hydroxyl groups is 1. The van der Waals surface area contributed by atoms with Crippen molar-refractivity contribution in [3.05, 3.63) is 25.3 Å². The van der Waals surface area contributed by atoms with E-state index in [1.165, 1.54) is 0 Å². The number of carbonyl (C=O) groups is 3. The van der Waals surface area contributed by atoms with Gasteiger partial charge in [0.05, 0.1) is 29.2 Å². The quantitative estimate of drug-likeness (QED) is 0.410. The van der Waals surface area contributed by atoms with Crippen LogP contribution in [0.15, 0.2) is 25.3 Å². The Balaban J connectivity index is 2.12. The molecule has 3 amide bonds. The van der Waals surface area contributed by atoms with Gasteiger partial charge in [-0.15, -0.1) is 24.9 Å². The summed E-state index contributed by atoms with van der Waals surface area (Å²) in [4.78, 5) is 47.7. The van der Waals surface area contributed by atoms with Gasteiger partial charge < -0.3 is 19.8 Å². The van der Waals surface area contributed by atoms with Gasteiger partial charge in [0.25, 0.3) is 0 Å². The Morgan fingerprint density at radius 1 is 1.19 bits per heavy atom. The Hall–Kier alpha value is -1.80. The Bertz CT molecular complexity index is 925. The number of likely N-dealkylation sites (tertiary alicyclic amines) is 1. The third kappa shape index (κ3) is 5.12.